The van der Waals surface area contributed by atoms with E-state index in [1.165, 1.54) is 274 Å². The first-order chi connectivity index (χ1) is 70.2. The van der Waals surface area contributed by atoms with Crippen LogP contribution < -0.4 is 0 Å². The van der Waals surface area contributed by atoms with Crippen molar-refractivity contribution in [3.63, 3.8) is 0 Å². The minimum absolute atomic E-state index is 0.0691. The van der Waals surface area contributed by atoms with Gasteiger partial charge in [0.2, 0.25) is 0 Å². The molecular formula is C137H139N9. The second-order valence-electron chi connectivity index (χ2n) is 52.9. The maximum atomic E-state index is 5.12. The summed E-state index contributed by atoms with van der Waals surface area (Å²) in [6, 6.07) is 107. The minimum atomic E-state index is 0.0691. The highest BCUT2D eigenvalue weighted by Crippen LogP contribution is 2.65. The van der Waals surface area contributed by atoms with E-state index >= 15 is 0 Å². The van der Waals surface area contributed by atoms with Crippen molar-refractivity contribution in [2.75, 3.05) is 0 Å². The lowest BCUT2D eigenvalue weighted by Gasteiger charge is -2.57. The molecule has 732 valence electrons. The van der Waals surface area contributed by atoms with E-state index in [1.807, 2.05) is 18.6 Å². The van der Waals surface area contributed by atoms with E-state index in [2.05, 4.69) is 410 Å². The van der Waals surface area contributed by atoms with Crippen LogP contribution in [-0.4, -0.2) is 42.4 Å². The van der Waals surface area contributed by atoms with Crippen molar-refractivity contribution >= 4 is 131 Å². The molecule has 0 amide bonds. The molecule has 33 rings (SSSR count). The first-order valence-electron chi connectivity index (χ1n) is 55.5. The van der Waals surface area contributed by atoms with Gasteiger partial charge in [-0.05, 0) is 384 Å². The number of fused-ring (bicyclic) bond motifs is 18. The van der Waals surface area contributed by atoms with Gasteiger partial charge >= 0.3 is 0 Å². The molecule has 12 aliphatic carbocycles. The van der Waals surface area contributed by atoms with E-state index in [4.69, 9.17) is 15.0 Å². The Hall–Kier alpha value is -13.1. The van der Waals surface area contributed by atoms with Gasteiger partial charge < -0.3 is 13.7 Å². The SMILES string of the molecule is CC(C)(C)c1ccc2c(c1)c1cc(C(C)(C)C)ccc1n2-c1ccnc(-n2c3ccccc3c3cc(C45CC6CC(CC(C6)C4)C5)ccc32)c1.CC(C)(C)c1ccc2c(c1)c1cc(C(C)(C)C)ccc1n2-c1ccnc(-n2c3ccccc3c3ccc(C45CC6CC(CC(C6)C4)C5)cc32)c1.CC(C)(C)c1ccc2c(c1)c1ccccc1n2-c1ccnc(-n2c3ccccc3c3ccc(C45CC6CC(CC(C6)C4)C5)cc32)c1. The summed E-state index contributed by atoms with van der Waals surface area (Å²) >= 11 is 0. The van der Waals surface area contributed by atoms with Crippen LogP contribution in [-0.2, 0) is 43.3 Å². The molecule has 12 fully saturated rings. The molecule has 12 aromatic carbocycles. The van der Waals surface area contributed by atoms with Crippen LogP contribution >= 0.6 is 0 Å². The third-order valence-corrected chi connectivity index (χ3v) is 38.2. The molecular weight excluding hydrogens is 1770 g/mol. The Morgan fingerprint density at radius 3 is 0.658 bits per heavy atom. The van der Waals surface area contributed by atoms with Gasteiger partial charge in [0, 0.05) is 101 Å². The summed E-state index contributed by atoms with van der Waals surface area (Å²) in [5, 5.41) is 15.8. The topological polar surface area (TPSA) is 68.2 Å². The highest BCUT2D eigenvalue weighted by atomic mass is 15.1. The Morgan fingerprint density at radius 2 is 0.384 bits per heavy atom. The predicted octanol–water partition coefficient (Wildman–Crippen LogP) is 35.7. The van der Waals surface area contributed by atoms with Crippen molar-refractivity contribution in [3.05, 3.63) is 342 Å². The number of hydrogen-bond donors (Lipinski definition) is 0. The Labute approximate surface area is 859 Å². The summed E-state index contributed by atoms with van der Waals surface area (Å²) in [6.07, 6.45) is 31.7. The molecule has 0 aliphatic heterocycles. The molecule has 0 saturated heterocycles. The Balaban J connectivity index is 0.000000106. The van der Waals surface area contributed by atoms with Crippen molar-refractivity contribution in [1.82, 2.24) is 42.4 Å². The zero-order chi connectivity index (χ0) is 99.1. The number of aromatic nitrogens is 9. The number of nitrogens with zero attached hydrogens (tertiary/aromatic N) is 9. The average Bonchev–Trinajstić information content (AvgIpc) is 1.51. The third kappa shape index (κ3) is 14.5. The molecule has 0 radical (unpaired) electrons. The van der Waals surface area contributed by atoms with Crippen LogP contribution in [0.4, 0.5) is 0 Å². The summed E-state index contributed by atoms with van der Waals surface area (Å²) in [6.45, 7) is 34.6. The lowest BCUT2D eigenvalue weighted by molar-refractivity contribution is -0.00525. The molecule has 9 heteroatoms. The highest BCUT2D eigenvalue weighted by molar-refractivity contribution is 6.15. The molecule has 9 nitrogen and oxygen atoms in total. The van der Waals surface area contributed by atoms with Gasteiger partial charge in [-0.25, -0.2) is 15.0 Å². The lowest BCUT2D eigenvalue weighted by Crippen LogP contribution is -2.48. The maximum absolute atomic E-state index is 5.12. The van der Waals surface area contributed by atoms with Crippen molar-refractivity contribution in [2.24, 2.45) is 53.3 Å². The molecule has 146 heavy (non-hydrogen) atoms. The first kappa shape index (κ1) is 90.4. The molecule has 21 aromatic rings. The fourth-order valence-corrected chi connectivity index (χ4v) is 32.2. The fraction of sp³-hybridized carbons (Fsp3) is 0.365. The monoisotopic (exact) mass is 1910 g/mol. The molecule has 9 aromatic heterocycles. The summed E-state index contributed by atoms with van der Waals surface area (Å²) in [4.78, 5) is 15.3. The van der Waals surface area contributed by atoms with Crippen LogP contribution in [0.5, 0.6) is 0 Å². The van der Waals surface area contributed by atoms with Gasteiger partial charge in [0.1, 0.15) is 17.5 Å². The largest absolute Gasteiger partial charge is 0.309 e. The zero-order valence-electron chi connectivity index (χ0n) is 88.2. The Morgan fingerprint density at radius 1 is 0.185 bits per heavy atom. The van der Waals surface area contributed by atoms with Gasteiger partial charge in [0.15, 0.2) is 0 Å². The first-order valence-corrected chi connectivity index (χ1v) is 55.5. The van der Waals surface area contributed by atoms with Gasteiger partial charge in [-0.2, -0.15) is 0 Å². The highest BCUT2D eigenvalue weighted by Gasteiger charge is 2.55. The molecule has 0 spiro atoms. The fourth-order valence-electron chi connectivity index (χ4n) is 32.2. The lowest BCUT2D eigenvalue weighted by atomic mass is 9.48. The van der Waals surface area contributed by atoms with E-state index in [0.717, 1.165) is 87.8 Å². The van der Waals surface area contributed by atoms with Crippen LogP contribution in [0.1, 0.15) is 264 Å². The molecule has 9 heterocycles. The third-order valence-electron chi connectivity index (χ3n) is 38.2. The summed E-state index contributed by atoms with van der Waals surface area (Å²) in [7, 11) is 0. The van der Waals surface area contributed by atoms with Gasteiger partial charge in [-0.1, -0.05) is 237 Å². The van der Waals surface area contributed by atoms with Crippen LogP contribution in [0.3, 0.4) is 0 Å². The summed E-state index contributed by atoms with van der Waals surface area (Å²) < 4.78 is 14.6. The maximum Gasteiger partial charge on any atom is 0.139 e. The van der Waals surface area contributed by atoms with E-state index in [0.29, 0.717) is 16.2 Å². The predicted molar refractivity (Wildman–Crippen MR) is 612 cm³/mol. The van der Waals surface area contributed by atoms with Crippen LogP contribution in [0.15, 0.2) is 298 Å². The van der Waals surface area contributed by atoms with Crippen molar-refractivity contribution in [2.45, 2.75) is 263 Å². The van der Waals surface area contributed by atoms with Crippen LogP contribution in [0.2, 0.25) is 0 Å². The average molecular weight is 1910 g/mol. The van der Waals surface area contributed by atoms with E-state index in [-0.39, 0.29) is 27.1 Å². The molecule has 12 saturated carbocycles. The number of hydrogen-bond acceptors (Lipinski definition) is 3. The Kier molecular flexibility index (Phi) is 20.1. The molecule has 12 bridgehead atoms. The standard InChI is InChI=1S/2C47H49N3.C43H41N3/c1-45(2,3)32-12-15-41-38(22-32)39-23-33(46(4,5)6)13-16-42(39)49(41)35-17-18-48-44(25-35)50-40-10-8-7-9-36(40)37-14-11-34(24-43(37)50)47-26-29-19-30(27-47)21-31(20-29)28-47;1-45(2,3)32-11-14-41-38(22-32)39-23-33(46(4,5)6)12-15-42(39)49(41)35-17-18-48-44(25-35)50-40-10-8-7-9-36(40)37-24-34(13-16-43(37)50)47-26-29-19-30(27-47)21-31(20-29)28-47;1-42(2,3)30-13-15-39-36(21-30)34-9-5-6-10-37(34)45(39)32-16-17-44-41(23-32)46-38-11-7-4-8-33(38)35-14-12-31(22-40(35)46)43-24-27-18-28(25-43)20-29(19-27)26-43/h2*7-18,22-25,29-31H,19-21,26-28H2,1-6H3;4-17,21-23,27-29H,18-20,24-26H2,1-3H3. The molecule has 0 N–H and O–H groups in total. The number of pyridine rings is 3. The quantitative estimate of drug-likeness (QED) is 0.145. The van der Waals surface area contributed by atoms with Crippen molar-refractivity contribution < 1.29 is 0 Å². The van der Waals surface area contributed by atoms with Crippen molar-refractivity contribution in [3.8, 4) is 34.5 Å². The number of rotatable bonds is 9. The Bertz CT molecular complexity index is 8710. The van der Waals surface area contributed by atoms with E-state index < -0.39 is 0 Å². The summed E-state index contributed by atoms with van der Waals surface area (Å²) in [5.74, 6) is 11.3. The van der Waals surface area contributed by atoms with Gasteiger partial charge in [-0.15, -0.1) is 0 Å². The van der Waals surface area contributed by atoms with Gasteiger partial charge in [0.05, 0.1) is 83.3 Å². The van der Waals surface area contributed by atoms with Crippen LogP contribution in [0.25, 0.3) is 165 Å². The van der Waals surface area contributed by atoms with Gasteiger partial charge in [0.25, 0.3) is 0 Å². The normalized spacial score (nSPS) is 23.8. The second kappa shape index (κ2) is 32.4. The smallest absolute Gasteiger partial charge is 0.139 e. The minimum Gasteiger partial charge on any atom is -0.309 e. The number of benzene rings is 12. The molecule has 12 aliphatic rings. The molecule has 0 unspecified atom stereocenters. The van der Waals surface area contributed by atoms with Gasteiger partial charge in [-0.3, -0.25) is 13.7 Å². The second-order valence-corrected chi connectivity index (χ2v) is 52.9. The molecule has 0 atom stereocenters. The summed E-state index contributed by atoms with van der Waals surface area (Å²) in [5.41, 5.74) is 31.3. The van der Waals surface area contributed by atoms with Crippen LogP contribution in [0, 0.1) is 53.3 Å². The van der Waals surface area contributed by atoms with E-state index in [1.54, 1.807) is 16.7 Å². The van der Waals surface area contributed by atoms with E-state index in [9.17, 15) is 0 Å². The number of para-hydroxylation sites is 4. The van der Waals surface area contributed by atoms with Crippen molar-refractivity contribution in [1.29, 1.82) is 0 Å². The zero-order valence-corrected chi connectivity index (χ0v) is 88.2.